The van der Waals surface area contributed by atoms with Gasteiger partial charge in [-0.25, -0.2) is 0 Å². The van der Waals surface area contributed by atoms with Crippen molar-refractivity contribution in [1.82, 2.24) is 5.32 Å². The average molecular weight is 262 g/mol. The molecule has 1 N–H and O–H groups in total. The van der Waals surface area contributed by atoms with E-state index in [-0.39, 0.29) is 5.54 Å². The third kappa shape index (κ3) is 2.86. The first-order valence-corrected chi connectivity index (χ1v) is 7.30. The van der Waals surface area contributed by atoms with E-state index in [9.17, 15) is 0 Å². The predicted molar refractivity (Wildman–Crippen MR) is 81.1 cm³/mol. The van der Waals surface area contributed by atoms with Gasteiger partial charge in [0.05, 0.1) is 7.11 Å². The lowest BCUT2D eigenvalue weighted by molar-refractivity contribution is 0.254. The molecule has 1 unspecified atom stereocenters. The molecule has 1 fully saturated rings. The van der Waals surface area contributed by atoms with Gasteiger partial charge in [0.25, 0.3) is 0 Å². The minimum atomic E-state index is 0.256. The van der Waals surface area contributed by atoms with E-state index < -0.39 is 0 Å². The molecule has 0 bridgehead atoms. The molecular formula is C16H26N2O. The number of methoxy groups -OCH3 is 1. The highest BCUT2D eigenvalue weighted by atomic mass is 16.5. The first-order valence-electron chi connectivity index (χ1n) is 7.30. The van der Waals surface area contributed by atoms with Gasteiger partial charge in [-0.1, -0.05) is 13.8 Å². The van der Waals surface area contributed by atoms with Crippen molar-refractivity contribution in [3.8, 4) is 5.75 Å². The zero-order valence-corrected chi connectivity index (χ0v) is 12.6. The molecule has 1 aliphatic heterocycles. The van der Waals surface area contributed by atoms with Gasteiger partial charge in [0.1, 0.15) is 5.75 Å². The van der Waals surface area contributed by atoms with E-state index in [2.05, 4.69) is 43.1 Å². The van der Waals surface area contributed by atoms with E-state index >= 15 is 0 Å². The number of nitrogens with zero attached hydrogens (tertiary/aromatic N) is 1. The first kappa shape index (κ1) is 14.2. The standard InChI is InChI=1S/C16H26N2O/c1-5-16(6-2)12-18(13(3)11-17-16)14-7-9-15(19-4)10-8-14/h7-10,13,17H,5-6,11-12H2,1-4H3. The Morgan fingerprint density at radius 2 is 1.89 bits per heavy atom. The van der Waals surface area contributed by atoms with E-state index in [0.29, 0.717) is 6.04 Å². The maximum absolute atomic E-state index is 5.24. The van der Waals surface area contributed by atoms with Crippen LogP contribution >= 0.6 is 0 Å². The smallest absolute Gasteiger partial charge is 0.119 e. The molecule has 0 aliphatic carbocycles. The first-order chi connectivity index (χ1) is 9.14. The van der Waals surface area contributed by atoms with Crippen LogP contribution in [0.3, 0.4) is 0 Å². The highest BCUT2D eigenvalue weighted by Gasteiger charge is 2.35. The number of anilines is 1. The number of hydrogen-bond acceptors (Lipinski definition) is 3. The number of hydrogen-bond donors (Lipinski definition) is 1. The topological polar surface area (TPSA) is 24.5 Å². The summed E-state index contributed by atoms with van der Waals surface area (Å²) < 4.78 is 5.24. The van der Waals surface area contributed by atoms with Crippen LogP contribution in [0.4, 0.5) is 5.69 Å². The molecular weight excluding hydrogens is 236 g/mol. The molecule has 1 aromatic carbocycles. The largest absolute Gasteiger partial charge is 0.497 e. The van der Waals surface area contributed by atoms with Gasteiger partial charge in [0, 0.05) is 30.4 Å². The molecule has 1 heterocycles. The van der Waals surface area contributed by atoms with E-state index in [1.54, 1.807) is 7.11 Å². The number of ether oxygens (including phenoxy) is 1. The Balaban J connectivity index is 2.20. The van der Waals surface area contributed by atoms with Crippen molar-refractivity contribution in [2.75, 3.05) is 25.1 Å². The van der Waals surface area contributed by atoms with Crippen molar-refractivity contribution in [2.24, 2.45) is 0 Å². The molecule has 3 nitrogen and oxygen atoms in total. The monoisotopic (exact) mass is 262 g/mol. The summed E-state index contributed by atoms with van der Waals surface area (Å²) in [5, 5.41) is 3.74. The van der Waals surface area contributed by atoms with Gasteiger partial charge in [-0.05, 0) is 44.0 Å². The number of piperazine rings is 1. The summed E-state index contributed by atoms with van der Waals surface area (Å²) in [6.45, 7) is 8.96. The molecule has 0 radical (unpaired) electrons. The van der Waals surface area contributed by atoms with Crippen molar-refractivity contribution < 1.29 is 4.74 Å². The SMILES string of the molecule is CCC1(CC)CN(c2ccc(OC)cc2)C(C)CN1. The van der Waals surface area contributed by atoms with Crippen molar-refractivity contribution in [1.29, 1.82) is 0 Å². The summed E-state index contributed by atoms with van der Waals surface area (Å²) in [6.07, 6.45) is 2.34. The zero-order chi connectivity index (χ0) is 13.9. The quantitative estimate of drug-likeness (QED) is 0.902. The normalized spacial score (nSPS) is 22.3. The van der Waals surface area contributed by atoms with Crippen molar-refractivity contribution in [3.05, 3.63) is 24.3 Å². The molecule has 1 aromatic rings. The Kier molecular flexibility index (Phi) is 4.35. The zero-order valence-electron chi connectivity index (χ0n) is 12.6. The van der Waals surface area contributed by atoms with Gasteiger partial charge in [0.2, 0.25) is 0 Å². The fourth-order valence-corrected chi connectivity index (χ4v) is 2.86. The molecule has 0 aromatic heterocycles. The van der Waals surface area contributed by atoms with Gasteiger partial charge < -0.3 is 15.0 Å². The fourth-order valence-electron chi connectivity index (χ4n) is 2.86. The summed E-state index contributed by atoms with van der Waals surface area (Å²) in [5.74, 6) is 0.920. The van der Waals surface area contributed by atoms with Crippen molar-refractivity contribution >= 4 is 5.69 Å². The molecule has 19 heavy (non-hydrogen) atoms. The van der Waals surface area contributed by atoms with Gasteiger partial charge >= 0.3 is 0 Å². The van der Waals surface area contributed by atoms with Crippen LogP contribution in [0, 0.1) is 0 Å². The van der Waals surface area contributed by atoms with Gasteiger partial charge in [-0.3, -0.25) is 0 Å². The summed E-state index contributed by atoms with van der Waals surface area (Å²) in [4.78, 5) is 2.52. The maximum Gasteiger partial charge on any atom is 0.119 e. The van der Waals surface area contributed by atoms with Gasteiger partial charge in [-0.2, -0.15) is 0 Å². The summed E-state index contributed by atoms with van der Waals surface area (Å²) in [7, 11) is 1.71. The molecule has 106 valence electrons. The minimum absolute atomic E-state index is 0.256. The third-order valence-corrected chi connectivity index (χ3v) is 4.54. The summed E-state index contributed by atoms with van der Waals surface area (Å²) in [5.41, 5.74) is 1.55. The lowest BCUT2D eigenvalue weighted by Gasteiger charge is -2.47. The van der Waals surface area contributed by atoms with Crippen LogP contribution in [0.1, 0.15) is 33.6 Å². The third-order valence-electron chi connectivity index (χ3n) is 4.54. The van der Waals surface area contributed by atoms with Crippen LogP contribution in [0.2, 0.25) is 0 Å². The molecule has 1 aliphatic rings. The van der Waals surface area contributed by atoms with Gasteiger partial charge in [0.15, 0.2) is 0 Å². The van der Waals surface area contributed by atoms with E-state index in [1.165, 1.54) is 18.5 Å². The number of benzene rings is 1. The Labute approximate surface area is 116 Å². The molecule has 3 heteroatoms. The van der Waals surface area contributed by atoms with Crippen molar-refractivity contribution in [2.45, 2.75) is 45.2 Å². The molecule has 2 rings (SSSR count). The van der Waals surface area contributed by atoms with Crippen LogP contribution < -0.4 is 15.0 Å². The number of rotatable bonds is 4. The second kappa shape index (κ2) is 5.83. The molecule has 0 saturated carbocycles. The summed E-state index contributed by atoms with van der Waals surface area (Å²) in [6, 6.07) is 8.94. The Morgan fingerprint density at radius 3 is 2.42 bits per heavy atom. The van der Waals surface area contributed by atoms with E-state index in [0.717, 1.165) is 18.8 Å². The molecule has 1 saturated heterocycles. The van der Waals surface area contributed by atoms with E-state index in [1.807, 2.05) is 12.1 Å². The predicted octanol–water partition coefficient (Wildman–Crippen LogP) is 3.05. The molecule has 0 amide bonds. The Hall–Kier alpha value is -1.22. The van der Waals surface area contributed by atoms with Crippen LogP contribution in [0.25, 0.3) is 0 Å². The average Bonchev–Trinajstić information content (AvgIpc) is 2.48. The Morgan fingerprint density at radius 1 is 1.26 bits per heavy atom. The van der Waals surface area contributed by atoms with Crippen molar-refractivity contribution in [3.63, 3.8) is 0 Å². The minimum Gasteiger partial charge on any atom is -0.497 e. The number of nitrogens with one attached hydrogen (secondary N) is 1. The fraction of sp³-hybridized carbons (Fsp3) is 0.625. The Bertz CT molecular complexity index is 398. The van der Waals surface area contributed by atoms with Crippen LogP contribution in [-0.4, -0.2) is 31.8 Å². The van der Waals surface area contributed by atoms with Crippen LogP contribution in [-0.2, 0) is 0 Å². The second-order valence-electron chi connectivity index (χ2n) is 5.54. The molecule has 0 spiro atoms. The second-order valence-corrected chi connectivity index (χ2v) is 5.54. The van der Waals surface area contributed by atoms with Crippen LogP contribution in [0.15, 0.2) is 24.3 Å². The van der Waals surface area contributed by atoms with Crippen LogP contribution in [0.5, 0.6) is 5.75 Å². The lowest BCUT2D eigenvalue weighted by atomic mass is 9.88. The highest BCUT2D eigenvalue weighted by molar-refractivity contribution is 5.51. The lowest BCUT2D eigenvalue weighted by Crippen LogP contribution is -2.63. The molecule has 1 atom stereocenters. The maximum atomic E-state index is 5.24. The van der Waals surface area contributed by atoms with Gasteiger partial charge in [-0.15, -0.1) is 0 Å². The van der Waals surface area contributed by atoms with E-state index in [4.69, 9.17) is 4.74 Å². The summed E-state index contributed by atoms with van der Waals surface area (Å²) >= 11 is 0. The highest BCUT2D eigenvalue weighted by Crippen LogP contribution is 2.28.